The van der Waals surface area contributed by atoms with Crippen molar-refractivity contribution in [1.82, 2.24) is 24.3 Å². The Morgan fingerprint density at radius 2 is 1.98 bits per heavy atom. The molecule has 3 N–H and O–H groups in total. The quantitative estimate of drug-likeness (QED) is 0.303. The van der Waals surface area contributed by atoms with Crippen LogP contribution in [0.25, 0.3) is 16.8 Å². The first-order valence-corrected chi connectivity index (χ1v) is 15.1. The number of carbonyl (C=O) groups is 1. The maximum Gasteiger partial charge on any atom is 0.256 e. The fourth-order valence-corrected chi connectivity index (χ4v) is 6.08. The lowest BCUT2D eigenvalue weighted by atomic mass is 10.0. The molecule has 0 bridgehead atoms. The zero-order valence-electron chi connectivity index (χ0n) is 22.5. The number of hydrogen-bond donors (Lipinski definition) is 2. The fraction of sp³-hybridized carbons (Fsp3) is 0.310. The second kappa shape index (κ2) is 11.6. The smallest absolute Gasteiger partial charge is 0.256 e. The number of nitrogens with zero attached hydrogens (tertiary/aromatic N) is 5. The Morgan fingerprint density at radius 1 is 1.18 bits per heavy atom. The van der Waals surface area contributed by atoms with Crippen molar-refractivity contribution in [2.75, 3.05) is 23.5 Å². The molecular formula is C29H33N7O3S. The first-order valence-electron chi connectivity index (χ1n) is 13.4. The van der Waals surface area contributed by atoms with E-state index in [0.717, 1.165) is 48.6 Å². The van der Waals surface area contributed by atoms with Crippen LogP contribution >= 0.6 is 0 Å². The first-order chi connectivity index (χ1) is 19.3. The third-order valence-electron chi connectivity index (χ3n) is 7.15. The molecular weight excluding hydrogens is 526 g/mol. The van der Waals surface area contributed by atoms with Gasteiger partial charge in [-0.2, -0.15) is 0 Å². The molecule has 3 aromatic heterocycles. The molecule has 1 amide bonds. The maximum absolute atomic E-state index is 12.9. The number of rotatable bonds is 9. The number of benzene rings is 1. The number of imidazole rings is 1. The van der Waals surface area contributed by atoms with Gasteiger partial charge in [-0.1, -0.05) is 38.5 Å². The number of nitrogens with two attached hydrogens (primary N) is 1. The third-order valence-corrected chi connectivity index (χ3v) is 8.35. The Kier molecular flexibility index (Phi) is 7.95. The van der Waals surface area contributed by atoms with E-state index in [1.165, 1.54) is 0 Å². The van der Waals surface area contributed by atoms with Crippen molar-refractivity contribution in [3.63, 3.8) is 0 Å². The van der Waals surface area contributed by atoms with Gasteiger partial charge in [0, 0.05) is 35.1 Å². The van der Waals surface area contributed by atoms with Gasteiger partial charge in [-0.05, 0) is 55.6 Å². The molecule has 1 saturated heterocycles. The zero-order chi connectivity index (χ0) is 28.3. The van der Waals surface area contributed by atoms with Gasteiger partial charge in [0.05, 0.1) is 6.04 Å². The standard InChI is InChI=1S/C29H33N7O3S/c1-3-7-20-13-14-31-24(18-20)33-29(37)22-11-9-21(10-12-22)25-26-27(30)32-15-17-36(26)28(34-25)23-8-5-6-16-35(23)19-40(38,39)4-2/h4,9-15,17-18,23H,2-3,5-8,16,19H2,1H3,(H2,30,32)(H,31,33,37)/t23-/m0/s1. The molecule has 1 aliphatic rings. The lowest BCUT2D eigenvalue weighted by molar-refractivity contribution is 0.102. The van der Waals surface area contributed by atoms with Crippen LogP contribution in [0.1, 0.15) is 60.4 Å². The second-order valence-electron chi connectivity index (χ2n) is 9.96. The van der Waals surface area contributed by atoms with Gasteiger partial charge in [-0.3, -0.25) is 14.1 Å². The van der Waals surface area contributed by atoms with Gasteiger partial charge in [0.15, 0.2) is 9.84 Å². The average molecular weight is 560 g/mol. The monoisotopic (exact) mass is 559 g/mol. The highest BCUT2D eigenvalue weighted by molar-refractivity contribution is 7.94. The minimum atomic E-state index is -3.43. The highest BCUT2D eigenvalue weighted by atomic mass is 32.2. The molecule has 0 spiro atoms. The molecule has 1 fully saturated rings. The zero-order valence-corrected chi connectivity index (χ0v) is 23.3. The molecule has 4 heterocycles. The fourth-order valence-electron chi connectivity index (χ4n) is 5.20. The van der Waals surface area contributed by atoms with E-state index in [0.29, 0.717) is 40.8 Å². The van der Waals surface area contributed by atoms with Crippen molar-refractivity contribution in [2.45, 2.75) is 45.1 Å². The number of aryl methyl sites for hydroxylation is 1. The number of amides is 1. The van der Waals surface area contributed by atoms with Crippen LogP contribution in [-0.2, 0) is 16.3 Å². The average Bonchev–Trinajstić information content (AvgIpc) is 3.34. The van der Waals surface area contributed by atoms with Gasteiger partial charge < -0.3 is 11.1 Å². The van der Waals surface area contributed by atoms with Crippen molar-refractivity contribution in [3.8, 4) is 11.3 Å². The predicted octanol–water partition coefficient (Wildman–Crippen LogP) is 4.62. The summed E-state index contributed by atoms with van der Waals surface area (Å²) < 4.78 is 26.7. The molecule has 208 valence electrons. The largest absolute Gasteiger partial charge is 0.382 e. The summed E-state index contributed by atoms with van der Waals surface area (Å²) in [5, 5.41) is 3.87. The topological polar surface area (TPSA) is 136 Å². The molecule has 10 nitrogen and oxygen atoms in total. The van der Waals surface area contributed by atoms with Crippen LogP contribution in [0, 0.1) is 0 Å². The minimum Gasteiger partial charge on any atom is -0.382 e. The number of sulfone groups is 1. The van der Waals surface area contributed by atoms with Crippen LogP contribution in [0.4, 0.5) is 11.6 Å². The summed E-state index contributed by atoms with van der Waals surface area (Å²) in [4.78, 5) is 28.4. The van der Waals surface area contributed by atoms with Crippen molar-refractivity contribution >= 4 is 32.9 Å². The van der Waals surface area contributed by atoms with Crippen LogP contribution in [0.3, 0.4) is 0 Å². The number of anilines is 2. The number of nitrogens with one attached hydrogen (secondary N) is 1. The summed E-state index contributed by atoms with van der Waals surface area (Å²) in [5.41, 5.74) is 9.96. The van der Waals surface area contributed by atoms with E-state index in [-0.39, 0.29) is 17.8 Å². The number of likely N-dealkylation sites (tertiary alicyclic amines) is 1. The summed E-state index contributed by atoms with van der Waals surface area (Å²) in [6.07, 6.45) is 9.67. The molecule has 40 heavy (non-hydrogen) atoms. The van der Waals surface area contributed by atoms with E-state index in [9.17, 15) is 13.2 Å². The number of nitrogen functional groups attached to an aromatic ring is 1. The lowest BCUT2D eigenvalue weighted by Gasteiger charge is -2.34. The van der Waals surface area contributed by atoms with E-state index in [4.69, 9.17) is 10.7 Å². The highest BCUT2D eigenvalue weighted by Gasteiger charge is 2.31. The van der Waals surface area contributed by atoms with Crippen LogP contribution in [0.5, 0.6) is 0 Å². The van der Waals surface area contributed by atoms with E-state index in [1.54, 1.807) is 30.7 Å². The van der Waals surface area contributed by atoms with E-state index in [1.807, 2.05) is 33.6 Å². The van der Waals surface area contributed by atoms with Gasteiger partial charge >= 0.3 is 0 Å². The molecule has 4 aromatic rings. The number of aromatic nitrogens is 4. The van der Waals surface area contributed by atoms with Crippen LogP contribution < -0.4 is 11.1 Å². The van der Waals surface area contributed by atoms with Crippen LogP contribution in [-0.4, -0.2) is 51.0 Å². The van der Waals surface area contributed by atoms with Gasteiger partial charge in [0.2, 0.25) is 0 Å². The normalized spacial score (nSPS) is 16.2. The minimum absolute atomic E-state index is 0.119. The van der Waals surface area contributed by atoms with Gasteiger partial charge in [0.1, 0.15) is 34.5 Å². The Balaban J connectivity index is 1.46. The SMILES string of the molecule is C=CS(=O)(=O)CN1CCCC[C@H]1c1nc(-c2ccc(C(=O)Nc3cc(CCC)ccn3)cc2)c2c(N)nccn12. The first kappa shape index (κ1) is 27.5. The van der Waals surface area contributed by atoms with Crippen molar-refractivity contribution in [2.24, 2.45) is 0 Å². The number of pyridine rings is 1. The number of carbonyl (C=O) groups excluding carboxylic acids is 1. The maximum atomic E-state index is 12.9. The Hall–Kier alpha value is -4.09. The van der Waals surface area contributed by atoms with Crippen LogP contribution in [0.15, 0.2) is 67.0 Å². The summed E-state index contributed by atoms with van der Waals surface area (Å²) >= 11 is 0. The number of hydrogen-bond acceptors (Lipinski definition) is 8. The molecule has 11 heteroatoms. The van der Waals surface area contributed by atoms with Crippen LogP contribution in [0.2, 0.25) is 0 Å². The van der Waals surface area contributed by atoms with Crippen molar-refractivity contribution in [3.05, 3.63) is 83.9 Å². The highest BCUT2D eigenvalue weighted by Crippen LogP contribution is 2.36. The lowest BCUT2D eigenvalue weighted by Crippen LogP contribution is -2.37. The van der Waals surface area contributed by atoms with Gasteiger partial charge in [0.25, 0.3) is 5.91 Å². The molecule has 1 atom stereocenters. The number of piperidine rings is 1. The molecule has 0 aliphatic carbocycles. The molecule has 0 unspecified atom stereocenters. The Bertz CT molecular complexity index is 1650. The van der Waals surface area contributed by atoms with Gasteiger partial charge in [-0.15, -0.1) is 0 Å². The molecule has 5 rings (SSSR count). The summed E-state index contributed by atoms with van der Waals surface area (Å²) in [7, 11) is -3.43. The molecule has 1 aromatic carbocycles. The summed E-state index contributed by atoms with van der Waals surface area (Å²) in [6, 6.07) is 10.8. The van der Waals surface area contributed by atoms with E-state index in [2.05, 4.69) is 28.8 Å². The van der Waals surface area contributed by atoms with Gasteiger partial charge in [-0.25, -0.2) is 23.4 Å². The molecule has 1 aliphatic heterocycles. The molecule has 0 radical (unpaired) electrons. The molecule has 0 saturated carbocycles. The van der Waals surface area contributed by atoms with E-state index >= 15 is 0 Å². The van der Waals surface area contributed by atoms with Crippen molar-refractivity contribution < 1.29 is 13.2 Å². The van der Waals surface area contributed by atoms with Crippen molar-refractivity contribution in [1.29, 1.82) is 0 Å². The Morgan fingerprint density at radius 3 is 2.73 bits per heavy atom. The summed E-state index contributed by atoms with van der Waals surface area (Å²) in [6.45, 7) is 6.21. The number of fused-ring (bicyclic) bond motifs is 1. The second-order valence-corrected chi connectivity index (χ2v) is 11.9. The summed E-state index contributed by atoms with van der Waals surface area (Å²) in [5.74, 6) is 1.16. The Labute approximate surface area is 233 Å². The predicted molar refractivity (Wildman–Crippen MR) is 156 cm³/mol. The third kappa shape index (κ3) is 5.75. The van der Waals surface area contributed by atoms with E-state index < -0.39 is 9.84 Å².